The van der Waals surface area contributed by atoms with Crippen molar-refractivity contribution in [3.05, 3.63) is 35.9 Å². The maximum absolute atomic E-state index is 12.7. The molecule has 0 unspecified atom stereocenters. The highest BCUT2D eigenvalue weighted by Gasteiger charge is 2.39. The van der Waals surface area contributed by atoms with Crippen LogP contribution in [0.15, 0.2) is 30.3 Å². The first kappa shape index (κ1) is 24.4. The molecule has 1 aliphatic rings. The van der Waals surface area contributed by atoms with Gasteiger partial charge in [0.2, 0.25) is 5.78 Å². The standard InChI is InChI=1S/C23H32N2O6/c1-3-4-12-18(19(26)20(27)24-16(2)21(28)29)25-22(30)31-23(13-8-9-14-23)15-17-10-6-5-7-11-17/h5-7,10-11,16,18H,3-4,8-9,12-15H2,1-2H3,(H,24,27)(H,25,30)(H,28,29)/t16-,18-/m0/s1. The smallest absolute Gasteiger partial charge is 0.408 e. The lowest BCUT2D eigenvalue weighted by Gasteiger charge is -2.30. The number of alkyl carbamates (subject to hydrolysis) is 1. The van der Waals surface area contributed by atoms with E-state index in [1.54, 1.807) is 0 Å². The molecule has 1 aliphatic carbocycles. The van der Waals surface area contributed by atoms with Crippen molar-refractivity contribution >= 4 is 23.8 Å². The lowest BCUT2D eigenvalue weighted by Crippen LogP contribution is -2.51. The summed E-state index contributed by atoms with van der Waals surface area (Å²) < 4.78 is 5.83. The molecule has 1 aromatic carbocycles. The molecule has 1 fully saturated rings. The number of carboxylic acid groups (broad SMARTS) is 1. The zero-order valence-electron chi connectivity index (χ0n) is 18.2. The third-order valence-electron chi connectivity index (χ3n) is 5.59. The number of Topliss-reactive ketones (excluding diaryl/α,β-unsaturated/α-hetero) is 1. The number of ketones is 1. The Hall–Kier alpha value is -2.90. The van der Waals surface area contributed by atoms with Crippen molar-refractivity contribution in [3.63, 3.8) is 0 Å². The third-order valence-corrected chi connectivity index (χ3v) is 5.59. The summed E-state index contributed by atoms with van der Waals surface area (Å²) in [5.74, 6) is -3.15. The van der Waals surface area contributed by atoms with E-state index in [-0.39, 0.29) is 6.42 Å². The zero-order chi connectivity index (χ0) is 22.9. The predicted octanol–water partition coefficient (Wildman–Crippen LogP) is 2.99. The van der Waals surface area contributed by atoms with Gasteiger partial charge in [0, 0.05) is 6.42 Å². The maximum Gasteiger partial charge on any atom is 0.408 e. The van der Waals surface area contributed by atoms with Gasteiger partial charge >= 0.3 is 12.1 Å². The van der Waals surface area contributed by atoms with Crippen LogP contribution < -0.4 is 10.6 Å². The first-order valence-electron chi connectivity index (χ1n) is 10.9. The fraction of sp³-hybridized carbons (Fsp3) is 0.565. The molecule has 8 heteroatoms. The third kappa shape index (κ3) is 7.38. The molecule has 0 aromatic heterocycles. The minimum atomic E-state index is -1.25. The molecule has 0 bridgehead atoms. The molecule has 0 saturated heterocycles. The Balaban J connectivity index is 2.05. The van der Waals surface area contributed by atoms with E-state index in [4.69, 9.17) is 9.84 Å². The van der Waals surface area contributed by atoms with Crippen molar-refractivity contribution < 1.29 is 29.0 Å². The molecule has 2 amide bonds. The highest BCUT2D eigenvalue weighted by atomic mass is 16.6. The van der Waals surface area contributed by atoms with Crippen LogP contribution >= 0.6 is 0 Å². The topological polar surface area (TPSA) is 122 Å². The molecule has 31 heavy (non-hydrogen) atoms. The normalized spacial score (nSPS) is 16.7. The Morgan fingerprint density at radius 2 is 1.74 bits per heavy atom. The van der Waals surface area contributed by atoms with Gasteiger partial charge in [0.05, 0.1) is 0 Å². The number of ether oxygens (including phenoxy) is 1. The summed E-state index contributed by atoms with van der Waals surface area (Å²) in [4.78, 5) is 48.4. The molecule has 0 radical (unpaired) electrons. The summed E-state index contributed by atoms with van der Waals surface area (Å²) in [7, 11) is 0. The molecule has 0 aliphatic heterocycles. The number of carbonyl (C=O) groups excluding carboxylic acids is 3. The monoisotopic (exact) mass is 432 g/mol. The van der Waals surface area contributed by atoms with Crippen molar-refractivity contribution in [1.82, 2.24) is 10.6 Å². The molecular formula is C23H32N2O6. The number of hydrogen-bond donors (Lipinski definition) is 3. The van der Waals surface area contributed by atoms with Crippen LogP contribution in [0.3, 0.4) is 0 Å². The van der Waals surface area contributed by atoms with E-state index >= 15 is 0 Å². The van der Waals surface area contributed by atoms with E-state index in [1.807, 2.05) is 37.3 Å². The Labute approximate surface area is 182 Å². The van der Waals surface area contributed by atoms with Crippen LogP contribution in [-0.2, 0) is 25.5 Å². The largest absolute Gasteiger partial charge is 0.480 e. The number of unbranched alkanes of at least 4 members (excludes halogenated alkanes) is 1. The fourth-order valence-corrected chi connectivity index (χ4v) is 3.84. The van der Waals surface area contributed by atoms with Crippen LogP contribution in [0.1, 0.15) is 64.4 Å². The van der Waals surface area contributed by atoms with E-state index < -0.39 is 41.4 Å². The average molecular weight is 433 g/mol. The summed E-state index contributed by atoms with van der Waals surface area (Å²) in [5, 5.41) is 13.6. The number of nitrogens with one attached hydrogen (secondary N) is 2. The molecule has 8 nitrogen and oxygen atoms in total. The highest BCUT2D eigenvalue weighted by Crippen LogP contribution is 2.36. The number of amides is 2. The summed E-state index contributed by atoms with van der Waals surface area (Å²) in [6.07, 6.45) is 4.89. The maximum atomic E-state index is 12.7. The van der Waals surface area contributed by atoms with Gasteiger partial charge in [-0.25, -0.2) is 4.79 Å². The van der Waals surface area contributed by atoms with Gasteiger partial charge in [-0.05, 0) is 44.6 Å². The summed E-state index contributed by atoms with van der Waals surface area (Å²) in [6.45, 7) is 3.20. The van der Waals surface area contributed by atoms with Gasteiger partial charge in [0.15, 0.2) is 0 Å². The average Bonchev–Trinajstić information content (AvgIpc) is 3.18. The number of rotatable bonds is 11. The first-order chi connectivity index (χ1) is 14.8. The van der Waals surface area contributed by atoms with E-state index in [0.29, 0.717) is 12.8 Å². The number of benzene rings is 1. The van der Waals surface area contributed by atoms with Crippen LogP contribution in [0, 0.1) is 0 Å². The van der Waals surface area contributed by atoms with E-state index in [1.165, 1.54) is 6.92 Å². The van der Waals surface area contributed by atoms with Gasteiger partial charge < -0.3 is 20.5 Å². The van der Waals surface area contributed by atoms with Crippen LogP contribution in [0.2, 0.25) is 0 Å². The van der Waals surface area contributed by atoms with Crippen LogP contribution in [0.5, 0.6) is 0 Å². The van der Waals surface area contributed by atoms with Crippen molar-refractivity contribution in [3.8, 4) is 0 Å². The molecular weight excluding hydrogens is 400 g/mol. The predicted molar refractivity (Wildman–Crippen MR) is 115 cm³/mol. The van der Waals surface area contributed by atoms with Gasteiger partial charge in [0.25, 0.3) is 5.91 Å². The second-order valence-corrected chi connectivity index (χ2v) is 8.18. The molecule has 170 valence electrons. The Morgan fingerprint density at radius 3 is 2.32 bits per heavy atom. The second-order valence-electron chi connectivity index (χ2n) is 8.18. The van der Waals surface area contributed by atoms with Crippen LogP contribution in [0.4, 0.5) is 4.79 Å². The lowest BCUT2D eigenvalue weighted by atomic mass is 9.92. The van der Waals surface area contributed by atoms with E-state index in [2.05, 4.69) is 10.6 Å². The molecule has 0 heterocycles. The van der Waals surface area contributed by atoms with Crippen LogP contribution in [-0.4, -0.2) is 46.5 Å². The van der Waals surface area contributed by atoms with Crippen molar-refractivity contribution in [2.45, 2.75) is 82.9 Å². The highest BCUT2D eigenvalue weighted by molar-refractivity contribution is 6.38. The molecule has 2 rings (SSSR count). The van der Waals surface area contributed by atoms with Crippen molar-refractivity contribution in [2.75, 3.05) is 0 Å². The van der Waals surface area contributed by atoms with Crippen LogP contribution in [0.25, 0.3) is 0 Å². The van der Waals surface area contributed by atoms with Crippen molar-refractivity contribution in [1.29, 1.82) is 0 Å². The SMILES string of the molecule is CCCC[C@H](NC(=O)OC1(Cc2ccccc2)CCCC1)C(=O)C(=O)N[C@@H](C)C(=O)O. The minimum Gasteiger partial charge on any atom is -0.480 e. The van der Waals surface area contributed by atoms with Gasteiger partial charge in [-0.2, -0.15) is 0 Å². The molecule has 1 aromatic rings. The number of carboxylic acids is 1. The Bertz CT molecular complexity index is 774. The first-order valence-corrected chi connectivity index (χ1v) is 10.9. The van der Waals surface area contributed by atoms with Gasteiger partial charge in [-0.15, -0.1) is 0 Å². The molecule has 0 spiro atoms. The Kier molecular flexibility index (Phi) is 9.03. The molecule has 3 N–H and O–H groups in total. The quantitative estimate of drug-likeness (QED) is 0.462. The number of carbonyl (C=O) groups is 4. The van der Waals surface area contributed by atoms with Gasteiger partial charge in [0.1, 0.15) is 17.7 Å². The lowest BCUT2D eigenvalue weighted by molar-refractivity contribution is -0.144. The second kappa shape index (κ2) is 11.5. The fourth-order valence-electron chi connectivity index (χ4n) is 3.84. The minimum absolute atomic E-state index is 0.269. The Morgan fingerprint density at radius 1 is 1.10 bits per heavy atom. The number of hydrogen-bond acceptors (Lipinski definition) is 5. The van der Waals surface area contributed by atoms with Gasteiger partial charge in [-0.1, -0.05) is 50.1 Å². The summed E-state index contributed by atoms with van der Waals surface area (Å²) in [5.41, 5.74) is 0.432. The van der Waals surface area contributed by atoms with Gasteiger partial charge in [-0.3, -0.25) is 14.4 Å². The van der Waals surface area contributed by atoms with Crippen molar-refractivity contribution in [2.24, 2.45) is 0 Å². The zero-order valence-corrected chi connectivity index (χ0v) is 18.2. The van der Waals surface area contributed by atoms with E-state index in [9.17, 15) is 19.2 Å². The van der Waals surface area contributed by atoms with E-state index in [0.717, 1.165) is 37.7 Å². The molecule has 1 saturated carbocycles. The molecule has 2 atom stereocenters. The summed E-state index contributed by atoms with van der Waals surface area (Å²) in [6, 6.07) is 7.51. The summed E-state index contributed by atoms with van der Waals surface area (Å²) >= 11 is 0. The number of aliphatic carboxylic acids is 1.